The predicted octanol–water partition coefficient (Wildman–Crippen LogP) is 0.877. The minimum absolute atomic E-state index is 0.813. The Bertz CT molecular complexity index is 205. The molecule has 3 nitrogen and oxygen atoms in total. The summed E-state index contributed by atoms with van der Waals surface area (Å²) in [4.78, 5) is 8.01. The highest BCUT2D eigenvalue weighted by Crippen LogP contribution is 2.04. The van der Waals surface area contributed by atoms with Gasteiger partial charge in [-0.05, 0) is 0 Å². The van der Waals surface area contributed by atoms with Gasteiger partial charge in [0.15, 0.2) is 0 Å². The van der Waals surface area contributed by atoms with Crippen LogP contribution < -0.4 is 0 Å². The Hall–Kier alpha value is -1.25. The highest BCUT2D eigenvalue weighted by molar-refractivity contribution is 5.61. The largest absolute Gasteiger partial charge is 0.356 e. The van der Waals surface area contributed by atoms with Crippen LogP contribution in [0.3, 0.4) is 0 Å². The zero-order chi connectivity index (χ0) is 8.27. The molecule has 1 aliphatic rings. The topological polar surface area (TPSA) is 18.8 Å². The highest BCUT2D eigenvalue weighted by Gasteiger charge is 2.04. The Balaban J connectivity index is 2.75. The summed E-state index contributed by atoms with van der Waals surface area (Å²) in [7, 11) is 3.94. The minimum atomic E-state index is 0.813. The van der Waals surface area contributed by atoms with Gasteiger partial charge >= 0.3 is 0 Å². The van der Waals surface area contributed by atoms with Crippen LogP contribution in [0.15, 0.2) is 29.8 Å². The molecule has 0 spiro atoms. The van der Waals surface area contributed by atoms with E-state index in [4.69, 9.17) is 0 Å². The van der Waals surface area contributed by atoms with Crippen LogP contribution in [0.5, 0.6) is 0 Å². The van der Waals surface area contributed by atoms with Crippen molar-refractivity contribution in [2.75, 3.05) is 20.6 Å². The Morgan fingerprint density at radius 2 is 2.27 bits per heavy atom. The van der Waals surface area contributed by atoms with Crippen molar-refractivity contribution in [3.8, 4) is 0 Å². The van der Waals surface area contributed by atoms with E-state index in [2.05, 4.69) is 11.6 Å². The van der Waals surface area contributed by atoms with Crippen molar-refractivity contribution < 1.29 is 0 Å². The standard InChI is InChI=1S/C8H13N3/c1-8-10(2)6-4-9-5-7-11(8)3/h4-6H,1,7H2,2-3H3. The maximum Gasteiger partial charge on any atom is 0.100 e. The fraction of sp³-hybridized carbons (Fsp3) is 0.375. The molecular weight excluding hydrogens is 138 g/mol. The van der Waals surface area contributed by atoms with Crippen LogP contribution in [0.4, 0.5) is 0 Å². The van der Waals surface area contributed by atoms with E-state index in [1.807, 2.05) is 36.3 Å². The number of rotatable bonds is 0. The van der Waals surface area contributed by atoms with E-state index in [-0.39, 0.29) is 0 Å². The van der Waals surface area contributed by atoms with Crippen molar-refractivity contribution >= 4 is 6.21 Å². The molecule has 0 bridgehead atoms. The first-order valence-corrected chi connectivity index (χ1v) is 3.53. The van der Waals surface area contributed by atoms with Gasteiger partial charge in [-0.25, -0.2) is 0 Å². The van der Waals surface area contributed by atoms with Gasteiger partial charge < -0.3 is 9.80 Å². The van der Waals surface area contributed by atoms with Crippen molar-refractivity contribution in [3.63, 3.8) is 0 Å². The molecule has 0 fully saturated rings. The second-order valence-electron chi connectivity index (χ2n) is 2.54. The van der Waals surface area contributed by atoms with Crippen LogP contribution in [0, 0.1) is 0 Å². The van der Waals surface area contributed by atoms with Gasteiger partial charge in [0.05, 0.1) is 6.54 Å². The summed E-state index contributed by atoms with van der Waals surface area (Å²) in [6, 6.07) is 0. The van der Waals surface area contributed by atoms with Crippen molar-refractivity contribution in [1.82, 2.24) is 9.80 Å². The van der Waals surface area contributed by atoms with Gasteiger partial charge in [-0.2, -0.15) is 0 Å². The highest BCUT2D eigenvalue weighted by atomic mass is 15.3. The fourth-order valence-electron chi connectivity index (χ4n) is 0.830. The van der Waals surface area contributed by atoms with Gasteiger partial charge in [-0.1, -0.05) is 6.58 Å². The van der Waals surface area contributed by atoms with E-state index in [0.717, 1.165) is 12.4 Å². The quantitative estimate of drug-likeness (QED) is 0.511. The van der Waals surface area contributed by atoms with E-state index in [0.29, 0.717) is 0 Å². The average Bonchev–Trinajstić information content (AvgIpc) is 2.00. The predicted molar refractivity (Wildman–Crippen MR) is 47.2 cm³/mol. The molecule has 1 heterocycles. The normalized spacial score (nSPS) is 18.5. The summed E-state index contributed by atoms with van der Waals surface area (Å²) in [5, 5.41) is 0. The summed E-state index contributed by atoms with van der Waals surface area (Å²) in [5.74, 6) is 0.979. The van der Waals surface area contributed by atoms with E-state index in [1.165, 1.54) is 0 Å². The molecule has 0 aliphatic carbocycles. The van der Waals surface area contributed by atoms with Crippen molar-refractivity contribution in [2.45, 2.75) is 0 Å². The molecule has 0 aromatic heterocycles. The third-order valence-electron chi connectivity index (χ3n) is 1.69. The van der Waals surface area contributed by atoms with Crippen LogP contribution in [0.25, 0.3) is 0 Å². The maximum atomic E-state index is 4.04. The number of hydrogen-bond donors (Lipinski definition) is 0. The summed E-state index contributed by atoms with van der Waals surface area (Å²) >= 11 is 0. The number of hydrogen-bond acceptors (Lipinski definition) is 3. The van der Waals surface area contributed by atoms with Crippen molar-refractivity contribution in [1.29, 1.82) is 0 Å². The minimum Gasteiger partial charge on any atom is -0.356 e. The van der Waals surface area contributed by atoms with Gasteiger partial charge in [-0.15, -0.1) is 0 Å². The van der Waals surface area contributed by atoms with Crippen LogP contribution in [0.2, 0.25) is 0 Å². The molecule has 0 saturated heterocycles. The van der Waals surface area contributed by atoms with E-state index < -0.39 is 0 Å². The molecule has 0 unspecified atom stereocenters. The first kappa shape index (κ1) is 7.85. The first-order chi connectivity index (χ1) is 5.22. The number of aliphatic imine (C=N–C) groups is 1. The van der Waals surface area contributed by atoms with Crippen LogP contribution in [-0.2, 0) is 0 Å². The lowest BCUT2D eigenvalue weighted by Crippen LogP contribution is -2.28. The second kappa shape index (κ2) is 3.23. The molecule has 0 radical (unpaired) electrons. The van der Waals surface area contributed by atoms with Crippen LogP contribution in [-0.4, -0.2) is 36.7 Å². The van der Waals surface area contributed by atoms with Crippen LogP contribution >= 0.6 is 0 Å². The third kappa shape index (κ3) is 1.83. The molecular formula is C8H13N3. The Labute approximate surface area is 67.3 Å². The van der Waals surface area contributed by atoms with Gasteiger partial charge in [0, 0.05) is 32.7 Å². The SMILES string of the molecule is C=C1N(C)C=CN=CCN1C. The first-order valence-electron chi connectivity index (χ1n) is 3.53. The van der Waals surface area contributed by atoms with Gasteiger partial charge in [0.1, 0.15) is 5.82 Å². The Morgan fingerprint density at radius 3 is 3.00 bits per heavy atom. The summed E-state index contributed by atoms with van der Waals surface area (Å²) in [6.07, 6.45) is 5.50. The van der Waals surface area contributed by atoms with E-state index in [9.17, 15) is 0 Å². The molecule has 1 aliphatic heterocycles. The molecule has 0 saturated carbocycles. The Kier molecular flexibility index (Phi) is 2.31. The fourth-order valence-corrected chi connectivity index (χ4v) is 0.830. The van der Waals surface area contributed by atoms with E-state index in [1.54, 1.807) is 6.20 Å². The smallest absolute Gasteiger partial charge is 0.100 e. The molecule has 0 atom stereocenters. The van der Waals surface area contributed by atoms with Gasteiger partial charge in [-0.3, -0.25) is 4.99 Å². The van der Waals surface area contributed by atoms with E-state index >= 15 is 0 Å². The molecule has 0 aromatic rings. The third-order valence-corrected chi connectivity index (χ3v) is 1.69. The summed E-state index contributed by atoms with van der Waals surface area (Å²) < 4.78 is 0. The Morgan fingerprint density at radius 1 is 1.55 bits per heavy atom. The lowest BCUT2D eigenvalue weighted by atomic mass is 10.5. The second-order valence-corrected chi connectivity index (χ2v) is 2.54. The zero-order valence-electron chi connectivity index (χ0n) is 6.99. The molecule has 11 heavy (non-hydrogen) atoms. The van der Waals surface area contributed by atoms with Gasteiger partial charge in [0.25, 0.3) is 0 Å². The lowest BCUT2D eigenvalue weighted by Gasteiger charge is -2.27. The molecule has 1 rings (SSSR count). The lowest BCUT2D eigenvalue weighted by molar-refractivity contribution is 0.351. The molecule has 3 heteroatoms. The molecule has 0 aromatic carbocycles. The van der Waals surface area contributed by atoms with Crippen LogP contribution in [0.1, 0.15) is 0 Å². The molecule has 0 N–H and O–H groups in total. The summed E-state index contributed by atoms with van der Waals surface area (Å²) in [5.41, 5.74) is 0. The zero-order valence-corrected chi connectivity index (χ0v) is 6.99. The van der Waals surface area contributed by atoms with Crippen molar-refractivity contribution in [2.24, 2.45) is 4.99 Å². The average molecular weight is 151 g/mol. The molecule has 60 valence electrons. The van der Waals surface area contributed by atoms with Gasteiger partial charge in [0.2, 0.25) is 0 Å². The summed E-state index contributed by atoms with van der Waals surface area (Å²) in [6.45, 7) is 4.73. The molecule has 0 amide bonds. The number of nitrogens with zero attached hydrogens (tertiary/aromatic N) is 3. The van der Waals surface area contributed by atoms with Crippen molar-refractivity contribution in [3.05, 3.63) is 24.8 Å². The monoisotopic (exact) mass is 151 g/mol. The maximum absolute atomic E-state index is 4.04.